The van der Waals surface area contributed by atoms with Crippen LogP contribution in [0.3, 0.4) is 0 Å². The molecule has 2 amide bonds. The van der Waals surface area contributed by atoms with Gasteiger partial charge in [-0.05, 0) is 55.5 Å². The van der Waals surface area contributed by atoms with E-state index in [9.17, 15) is 9.59 Å². The molecule has 0 radical (unpaired) electrons. The lowest BCUT2D eigenvalue weighted by Gasteiger charge is -2.25. The van der Waals surface area contributed by atoms with E-state index in [-0.39, 0.29) is 24.4 Å². The van der Waals surface area contributed by atoms with Gasteiger partial charge in [-0.2, -0.15) is 0 Å². The Bertz CT molecular complexity index is 1090. The standard InChI is InChI=1S/C25H32N4O2S/c1-4-28(20-12-8-11-19(15-20)27(2)3)24(30)17-29-21-13-14-32-23(21)16-22(29)25(31)26-18-9-6-5-7-10-18/h8,11-16,18H,4-7,9-10,17H2,1-3H3,(H,26,31). The molecule has 32 heavy (non-hydrogen) atoms. The predicted octanol–water partition coefficient (Wildman–Crippen LogP) is 4.88. The second kappa shape index (κ2) is 9.77. The van der Waals surface area contributed by atoms with E-state index >= 15 is 0 Å². The van der Waals surface area contributed by atoms with Crippen molar-refractivity contribution in [2.45, 2.75) is 51.6 Å². The van der Waals surface area contributed by atoms with Gasteiger partial charge in [-0.25, -0.2) is 0 Å². The predicted molar refractivity (Wildman–Crippen MR) is 133 cm³/mol. The number of likely N-dealkylation sites (N-methyl/N-ethyl adjacent to an activating group) is 1. The minimum Gasteiger partial charge on any atom is -0.378 e. The highest BCUT2D eigenvalue weighted by Gasteiger charge is 2.24. The van der Waals surface area contributed by atoms with Gasteiger partial charge in [-0.1, -0.05) is 25.3 Å². The van der Waals surface area contributed by atoms with E-state index in [4.69, 9.17) is 0 Å². The van der Waals surface area contributed by atoms with Crippen molar-refractivity contribution >= 4 is 44.7 Å². The average molecular weight is 453 g/mol. The van der Waals surface area contributed by atoms with Crippen LogP contribution >= 0.6 is 11.3 Å². The Balaban J connectivity index is 1.59. The van der Waals surface area contributed by atoms with Crippen molar-refractivity contribution in [1.29, 1.82) is 0 Å². The van der Waals surface area contributed by atoms with Crippen LogP contribution < -0.4 is 15.1 Å². The second-order valence-corrected chi connectivity index (χ2v) is 9.59. The molecule has 7 heteroatoms. The number of fused-ring (bicyclic) bond motifs is 1. The largest absolute Gasteiger partial charge is 0.378 e. The highest BCUT2D eigenvalue weighted by Crippen LogP contribution is 2.27. The Hall–Kier alpha value is -2.80. The number of rotatable bonds is 7. The smallest absolute Gasteiger partial charge is 0.268 e. The third-order valence-corrected chi connectivity index (χ3v) is 7.12. The molecule has 1 fully saturated rings. The Morgan fingerprint density at radius 1 is 1.09 bits per heavy atom. The molecule has 0 spiro atoms. The van der Waals surface area contributed by atoms with Crippen LogP contribution in [0.2, 0.25) is 0 Å². The number of nitrogens with zero attached hydrogens (tertiary/aromatic N) is 3. The molecule has 1 aliphatic rings. The third kappa shape index (κ3) is 4.67. The zero-order valence-corrected chi connectivity index (χ0v) is 20.0. The quantitative estimate of drug-likeness (QED) is 0.556. The molecular weight excluding hydrogens is 420 g/mol. The lowest BCUT2D eigenvalue weighted by Crippen LogP contribution is -2.38. The molecule has 0 bridgehead atoms. The molecule has 4 rings (SSSR count). The topological polar surface area (TPSA) is 57.6 Å². The molecule has 1 aliphatic carbocycles. The number of nitrogens with one attached hydrogen (secondary N) is 1. The van der Waals surface area contributed by atoms with Crippen LogP contribution in [0, 0.1) is 0 Å². The first kappa shape index (κ1) is 22.4. The molecule has 2 heterocycles. The van der Waals surface area contributed by atoms with Crippen LogP contribution in [0.25, 0.3) is 10.2 Å². The Morgan fingerprint density at radius 2 is 1.84 bits per heavy atom. The number of hydrogen-bond acceptors (Lipinski definition) is 4. The summed E-state index contributed by atoms with van der Waals surface area (Å²) in [5, 5.41) is 5.22. The minimum atomic E-state index is -0.0780. The number of hydrogen-bond donors (Lipinski definition) is 1. The van der Waals surface area contributed by atoms with E-state index in [1.165, 1.54) is 6.42 Å². The van der Waals surface area contributed by atoms with Gasteiger partial charge in [-0.3, -0.25) is 9.59 Å². The van der Waals surface area contributed by atoms with Gasteiger partial charge in [0.15, 0.2) is 0 Å². The lowest BCUT2D eigenvalue weighted by atomic mass is 9.95. The first-order chi connectivity index (χ1) is 15.5. The SMILES string of the molecule is CCN(C(=O)Cn1c(C(=O)NC2CCCCC2)cc2sccc21)c1cccc(N(C)C)c1. The summed E-state index contributed by atoms with van der Waals surface area (Å²) in [5.41, 5.74) is 3.42. The molecule has 0 atom stereocenters. The summed E-state index contributed by atoms with van der Waals surface area (Å²) in [7, 11) is 3.98. The maximum atomic E-state index is 13.4. The zero-order chi connectivity index (χ0) is 22.7. The summed E-state index contributed by atoms with van der Waals surface area (Å²) >= 11 is 1.60. The van der Waals surface area contributed by atoms with Gasteiger partial charge in [0.2, 0.25) is 5.91 Å². The van der Waals surface area contributed by atoms with Crippen molar-refractivity contribution < 1.29 is 9.59 Å². The molecule has 2 aromatic heterocycles. The minimum absolute atomic E-state index is 0.0289. The molecule has 0 aliphatic heterocycles. The molecule has 1 N–H and O–H groups in total. The van der Waals surface area contributed by atoms with E-state index < -0.39 is 0 Å². The molecule has 0 unspecified atom stereocenters. The summed E-state index contributed by atoms with van der Waals surface area (Å²) in [6, 6.07) is 12.1. The van der Waals surface area contributed by atoms with Gasteiger partial charge in [0.05, 0.1) is 10.2 Å². The van der Waals surface area contributed by atoms with Crippen molar-refractivity contribution in [2.75, 3.05) is 30.4 Å². The Labute approximate surface area is 193 Å². The Morgan fingerprint density at radius 3 is 2.56 bits per heavy atom. The third-order valence-electron chi connectivity index (χ3n) is 6.26. The molecule has 3 aromatic rings. The number of amides is 2. The molecule has 1 aromatic carbocycles. The molecular formula is C25H32N4O2S. The number of benzene rings is 1. The van der Waals surface area contributed by atoms with Crippen LogP contribution in [0.1, 0.15) is 49.5 Å². The number of thiophene rings is 1. The molecule has 170 valence electrons. The summed E-state index contributed by atoms with van der Waals surface area (Å²) in [4.78, 5) is 30.4. The first-order valence-corrected chi connectivity index (χ1v) is 12.3. The summed E-state index contributed by atoms with van der Waals surface area (Å²) in [6.07, 6.45) is 5.64. The van der Waals surface area contributed by atoms with Crippen molar-refractivity contribution in [3.63, 3.8) is 0 Å². The van der Waals surface area contributed by atoms with Crippen LogP contribution in [0.4, 0.5) is 11.4 Å². The average Bonchev–Trinajstić information content (AvgIpc) is 3.38. The van der Waals surface area contributed by atoms with Crippen LogP contribution in [0.5, 0.6) is 0 Å². The summed E-state index contributed by atoms with van der Waals surface area (Å²) in [5.74, 6) is -0.107. The van der Waals surface area contributed by atoms with Crippen LogP contribution in [-0.2, 0) is 11.3 Å². The van der Waals surface area contributed by atoms with Gasteiger partial charge in [-0.15, -0.1) is 11.3 Å². The highest BCUT2D eigenvalue weighted by molar-refractivity contribution is 7.17. The molecule has 1 saturated carbocycles. The fraction of sp³-hybridized carbons (Fsp3) is 0.440. The van der Waals surface area contributed by atoms with Gasteiger partial charge < -0.3 is 19.7 Å². The lowest BCUT2D eigenvalue weighted by molar-refractivity contribution is -0.119. The summed E-state index contributed by atoms with van der Waals surface area (Å²) in [6.45, 7) is 2.67. The van der Waals surface area contributed by atoms with E-state index in [2.05, 4.69) is 5.32 Å². The van der Waals surface area contributed by atoms with Crippen molar-refractivity contribution in [2.24, 2.45) is 0 Å². The zero-order valence-electron chi connectivity index (χ0n) is 19.1. The highest BCUT2D eigenvalue weighted by atomic mass is 32.1. The van der Waals surface area contributed by atoms with E-state index in [0.717, 1.165) is 47.3 Å². The van der Waals surface area contributed by atoms with Gasteiger partial charge >= 0.3 is 0 Å². The second-order valence-electron chi connectivity index (χ2n) is 8.65. The van der Waals surface area contributed by atoms with Crippen molar-refractivity contribution in [1.82, 2.24) is 9.88 Å². The number of anilines is 2. The number of carbonyl (C=O) groups is 2. The van der Waals surface area contributed by atoms with Crippen LogP contribution in [-0.4, -0.2) is 43.1 Å². The fourth-order valence-corrected chi connectivity index (χ4v) is 5.33. The van der Waals surface area contributed by atoms with Gasteiger partial charge in [0.25, 0.3) is 5.91 Å². The van der Waals surface area contributed by atoms with Crippen molar-refractivity contribution in [3.8, 4) is 0 Å². The normalized spacial score (nSPS) is 14.5. The summed E-state index contributed by atoms with van der Waals surface area (Å²) < 4.78 is 2.91. The fourth-order valence-electron chi connectivity index (χ4n) is 4.50. The van der Waals surface area contributed by atoms with E-state index in [1.807, 2.05) is 72.3 Å². The number of aromatic nitrogens is 1. The van der Waals surface area contributed by atoms with Crippen LogP contribution in [0.15, 0.2) is 41.8 Å². The molecule has 0 saturated heterocycles. The number of carbonyl (C=O) groups excluding carboxylic acids is 2. The van der Waals surface area contributed by atoms with E-state index in [1.54, 1.807) is 16.2 Å². The van der Waals surface area contributed by atoms with Crippen molar-refractivity contribution in [3.05, 3.63) is 47.5 Å². The first-order valence-electron chi connectivity index (χ1n) is 11.4. The molecule has 6 nitrogen and oxygen atoms in total. The Kier molecular flexibility index (Phi) is 6.84. The van der Waals surface area contributed by atoms with E-state index in [0.29, 0.717) is 12.2 Å². The van der Waals surface area contributed by atoms with Gasteiger partial charge in [0.1, 0.15) is 12.2 Å². The maximum Gasteiger partial charge on any atom is 0.268 e. The maximum absolute atomic E-state index is 13.4. The van der Waals surface area contributed by atoms with Gasteiger partial charge in [0, 0.05) is 38.1 Å². The monoisotopic (exact) mass is 452 g/mol.